The topological polar surface area (TPSA) is 91.8 Å². The van der Waals surface area contributed by atoms with Gasteiger partial charge in [0.1, 0.15) is 12.1 Å². The van der Waals surface area contributed by atoms with Crippen LogP contribution in [0, 0.1) is 5.41 Å². The van der Waals surface area contributed by atoms with Gasteiger partial charge in [-0.1, -0.05) is 6.07 Å². The second-order valence-electron chi connectivity index (χ2n) is 4.13. The van der Waals surface area contributed by atoms with Gasteiger partial charge in [-0.15, -0.1) is 0 Å². The van der Waals surface area contributed by atoms with Crippen LogP contribution in [0.25, 0.3) is 0 Å². The number of pyridine rings is 1. The first-order valence-electron chi connectivity index (χ1n) is 5.98. The van der Waals surface area contributed by atoms with Crippen molar-refractivity contribution in [3.05, 3.63) is 48.7 Å². The first-order chi connectivity index (χ1) is 9.25. The number of nitrogens with two attached hydrogens (primary N) is 1. The molecule has 0 saturated heterocycles. The number of hydrogen-bond acceptors (Lipinski definition) is 5. The Morgan fingerprint density at radius 2 is 2.16 bits per heavy atom. The Bertz CT molecular complexity index is 513. The van der Waals surface area contributed by atoms with Gasteiger partial charge in [-0.05, 0) is 17.7 Å². The van der Waals surface area contributed by atoms with Gasteiger partial charge in [-0.2, -0.15) is 0 Å². The van der Waals surface area contributed by atoms with Crippen molar-refractivity contribution in [1.29, 1.82) is 5.41 Å². The molecule has 3 N–H and O–H groups in total. The molecule has 0 aromatic carbocycles. The molecule has 0 spiro atoms. The lowest BCUT2D eigenvalue weighted by Gasteiger charge is -2.23. The maximum absolute atomic E-state index is 7.34. The third-order valence-electron chi connectivity index (χ3n) is 2.64. The molecular weight excluding hydrogens is 240 g/mol. The van der Waals surface area contributed by atoms with E-state index in [-0.39, 0.29) is 5.84 Å². The van der Waals surface area contributed by atoms with Gasteiger partial charge in [-0.3, -0.25) is 10.4 Å². The zero-order chi connectivity index (χ0) is 13.5. The monoisotopic (exact) mass is 256 g/mol. The number of nitrogens with zero attached hydrogens (tertiary/aromatic N) is 4. The Hall–Kier alpha value is -2.50. The van der Waals surface area contributed by atoms with E-state index in [2.05, 4.69) is 19.9 Å². The second kappa shape index (κ2) is 6.44. The van der Waals surface area contributed by atoms with E-state index in [1.165, 1.54) is 6.33 Å². The highest BCUT2D eigenvalue weighted by atomic mass is 15.2. The third-order valence-corrected chi connectivity index (χ3v) is 2.64. The van der Waals surface area contributed by atoms with E-state index in [0.29, 0.717) is 19.5 Å². The van der Waals surface area contributed by atoms with E-state index in [0.717, 1.165) is 11.4 Å². The predicted octanol–water partition coefficient (Wildman–Crippen LogP) is 1.20. The van der Waals surface area contributed by atoms with Gasteiger partial charge in [0.05, 0.1) is 5.84 Å². The number of aromatic nitrogens is 3. The van der Waals surface area contributed by atoms with Gasteiger partial charge in [0, 0.05) is 38.1 Å². The number of anilines is 1. The summed E-state index contributed by atoms with van der Waals surface area (Å²) in [6, 6.07) is 5.75. The number of hydrogen-bond donors (Lipinski definition) is 2. The summed E-state index contributed by atoms with van der Waals surface area (Å²) in [7, 11) is 0. The molecule has 2 aromatic heterocycles. The SMILES string of the molecule is N=C(N)CCN(Cc1cccnc1)c1ccncn1. The lowest BCUT2D eigenvalue weighted by atomic mass is 10.2. The molecule has 0 atom stereocenters. The molecule has 98 valence electrons. The van der Waals surface area contributed by atoms with Gasteiger partial charge in [0.15, 0.2) is 0 Å². The molecular formula is C13H16N6. The van der Waals surface area contributed by atoms with Crippen molar-refractivity contribution in [3.63, 3.8) is 0 Å². The Balaban J connectivity index is 2.12. The van der Waals surface area contributed by atoms with Gasteiger partial charge < -0.3 is 10.6 Å². The normalized spacial score (nSPS) is 10.1. The fourth-order valence-electron chi connectivity index (χ4n) is 1.71. The van der Waals surface area contributed by atoms with Crippen LogP contribution in [0.4, 0.5) is 5.82 Å². The lowest BCUT2D eigenvalue weighted by Crippen LogP contribution is -2.28. The second-order valence-corrected chi connectivity index (χ2v) is 4.13. The van der Waals surface area contributed by atoms with E-state index in [9.17, 15) is 0 Å². The highest BCUT2D eigenvalue weighted by Crippen LogP contribution is 2.13. The van der Waals surface area contributed by atoms with Gasteiger partial charge in [-0.25, -0.2) is 9.97 Å². The van der Waals surface area contributed by atoms with Crippen molar-refractivity contribution < 1.29 is 0 Å². The number of amidine groups is 1. The van der Waals surface area contributed by atoms with E-state index in [1.807, 2.05) is 24.4 Å². The minimum atomic E-state index is 0.172. The molecule has 0 amide bonds. The smallest absolute Gasteiger partial charge is 0.132 e. The fraction of sp³-hybridized carbons (Fsp3) is 0.231. The molecule has 2 heterocycles. The first-order valence-corrected chi connectivity index (χ1v) is 5.98. The van der Waals surface area contributed by atoms with E-state index >= 15 is 0 Å². The van der Waals surface area contributed by atoms with Crippen LogP contribution in [0.2, 0.25) is 0 Å². The van der Waals surface area contributed by atoms with Crippen LogP contribution in [-0.4, -0.2) is 27.3 Å². The summed E-state index contributed by atoms with van der Waals surface area (Å²) in [5.41, 5.74) is 6.51. The highest BCUT2D eigenvalue weighted by molar-refractivity contribution is 5.77. The maximum Gasteiger partial charge on any atom is 0.132 e. The van der Waals surface area contributed by atoms with Crippen LogP contribution >= 0.6 is 0 Å². The Labute approximate surface area is 111 Å². The predicted molar refractivity (Wildman–Crippen MR) is 73.9 cm³/mol. The van der Waals surface area contributed by atoms with Crippen molar-refractivity contribution in [2.24, 2.45) is 5.73 Å². The van der Waals surface area contributed by atoms with E-state index < -0.39 is 0 Å². The summed E-state index contributed by atoms with van der Waals surface area (Å²) >= 11 is 0. The van der Waals surface area contributed by atoms with Crippen molar-refractivity contribution in [1.82, 2.24) is 15.0 Å². The molecule has 0 unspecified atom stereocenters. The summed E-state index contributed by atoms with van der Waals surface area (Å²) < 4.78 is 0. The molecule has 0 radical (unpaired) electrons. The molecule has 0 saturated carbocycles. The largest absolute Gasteiger partial charge is 0.388 e. The summed E-state index contributed by atoms with van der Waals surface area (Å²) in [5, 5.41) is 7.34. The first kappa shape index (κ1) is 12.9. The average molecular weight is 256 g/mol. The van der Waals surface area contributed by atoms with Crippen LogP contribution in [-0.2, 0) is 6.54 Å². The van der Waals surface area contributed by atoms with Crippen LogP contribution < -0.4 is 10.6 Å². The standard InChI is InChI=1S/C13H16N6/c14-12(15)4-7-19(13-3-6-17-10-18-13)9-11-2-1-5-16-8-11/h1-3,5-6,8,10H,4,7,9H2,(H3,14,15). The zero-order valence-corrected chi connectivity index (χ0v) is 10.5. The lowest BCUT2D eigenvalue weighted by molar-refractivity contribution is 0.781. The van der Waals surface area contributed by atoms with E-state index in [1.54, 1.807) is 12.4 Å². The Morgan fingerprint density at radius 3 is 2.79 bits per heavy atom. The summed E-state index contributed by atoms with van der Waals surface area (Å²) in [6.45, 7) is 1.32. The third kappa shape index (κ3) is 4.02. The van der Waals surface area contributed by atoms with Crippen molar-refractivity contribution in [3.8, 4) is 0 Å². The molecule has 2 rings (SSSR count). The molecule has 0 bridgehead atoms. The minimum Gasteiger partial charge on any atom is -0.388 e. The van der Waals surface area contributed by atoms with Gasteiger partial charge in [0.25, 0.3) is 0 Å². The number of nitrogens with one attached hydrogen (secondary N) is 1. The van der Waals surface area contributed by atoms with Crippen LogP contribution in [0.3, 0.4) is 0 Å². The molecule has 0 aliphatic rings. The molecule has 0 fully saturated rings. The Morgan fingerprint density at radius 1 is 1.26 bits per heavy atom. The molecule has 0 aliphatic carbocycles. The molecule has 0 aliphatic heterocycles. The zero-order valence-electron chi connectivity index (χ0n) is 10.5. The Kier molecular flexibility index (Phi) is 4.39. The van der Waals surface area contributed by atoms with E-state index in [4.69, 9.17) is 11.1 Å². The van der Waals surface area contributed by atoms with Crippen molar-refractivity contribution in [2.75, 3.05) is 11.4 Å². The summed E-state index contributed by atoms with van der Waals surface area (Å²) in [5.74, 6) is 0.991. The van der Waals surface area contributed by atoms with Gasteiger partial charge >= 0.3 is 0 Å². The molecule has 2 aromatic rings. The molecule has 19 heavy (non-hydrogen) atoms. The maximum atomic E-state index is 7.34. The van der Waals surface area contributed by atoms with Crippen LogP contribution in [0.5, 0.6) is 0 Å². The van der Waals surface area contributed by atoms with Crippen molar-refractivity contribution in [2.45, 2.75) is 13.0 Å². The number of rotatable bonds is 6. The summed E-state index contributed by atoms with van der Waals surface area (Å²) in [4.78, 5) is 14.3. The molecule has 6 nitrogen and oxygen atoms in total. The van der Waals surface area contributed by atoms with Gasteiger partial charge in [0.2, 0.25) is 0 Å². The van der Waals surface area contributed by atoms with Crippen LogP contribution in [0.1, 0.15) is 12.0 Å². The minimum absolute atomic E-state index is 0.172. The molecule has 6 heteroatoms. The highest BCUT2D eigenvalue weighted by Gasteiger charge is 2.09. The average Bonchev–Trinajstić information content (AvgIpc) is 2.45. The van der Waals surface area contributed by atoms with Crippen molar-refractivity contribution >= 4 is 11.7 Å². The fourth-order valence-corrected chi connectivity index (χ4v) is 1.71. The van der Waals surface area contributed by atoms with Crippen LogP contribution in [0.15, 0.2) is 43.1 Å². The summed E-state index contributed by atoms with van der Waals surface area (Å²) in [6.07, 6.45) is 7.28. The quantitative estimate of drug-likeness (QED) is 0.598.